The van der Waals surface area contributed by atoms with Gasteiger partial charge in [0.2, 0.25) is 0 Å². The van der Waals surface area contributed by atoms with Crippen LogP contribution >= 0.6 is 11.3 Å². The van der Waals surface area contributed by atoms with Crippen molar-refractivity contribution in [3.05, 3.63) is 27.5 Å². The summed E-state index contributed by atoms with van der Waals surface area (Å²) in [5.74, 6) is 0. The van der Waals surface area contributed by atoms with Gasteiger partial charge in [-0.3, -0.25) is 0 Å². The predicted octanol–water partition coefficient (Wildman–Crippen LogP) is 4.01. The molecule has 0 saturated heterocycles. The van der Waals surface area contributed by atoms with Crippen LogP contribution in [0.3, 0.4) is 0 Å². The molecule has 1 aliphatic rings. The molecule has 0 nitrogen and oxygen atoms in total. The fourth-order valence-corrected chi connectivity index (χ4v) is 2.80. The second-order valence-corrected chi connectivity index (χ2v) is 5.82. The average Bonchev–Trinajstić information content (AvgIpc) is 2.45. The lowest BCUT2D eigenvalue weighted by atomic mass is 9.93. The van der Waals surface area contributed by atoms with Crippen LogP contribution in [-0.4, -0.2) is 0 Å². The highest BCUT2D eigenvalue weighted by Crippen LogP contribution is 2.35. The Hall–Kier alpha value is -0.560. The molecule has 70 valence electrons. The molecule has 13 heavy (non-hydrogen) atoms. The molecule has 0 aromatic carbocycles. The van der Waals surface area contributed by atoms with E-state index >= 15 is 0 Å². The van der Waals surface area contributed by atoms with E-state index in [0.29, 0.717) is 5.41 Å². The molecule has 0 radical (unpaired) electrons. The van der Waals surface area contributed by atoms with E-state index in [1.165, 1.54) is 23.3 Å². The van der Waals surface area contributed by atoms with Crippen molar-refractivity contribution in [1.29, 1.82) is 0 Å². The van der Waals surface area contributed by atoms with Crippen molar-refractivity contribution in [2.45, 2.75) is 39.0 Å². The van der Waals surface area contributed by atoms with Gasteiger partial charge < -0.3 is 0 Å². The van der Waals surface area contributed by atoms with Gasteiger partial charge in [0.15, 0.2) is 0 Å². The van der Waals surface area contributed by atoms with Crippen molar-refractivity contribution >= 4 is 17.4 Å². The summed E-state index contributed by atoms with van der Waals surface area (Å²) in [4.78, 5) is 3.09. The van der Waals surface area contributed by atoms with Crippen LogP contribution in [0.25, 0.3) is 6.08 Å². The summed E-state index contributed by atoms with van der Waals surface area (Å²) in [6.45, 7) is 6.86. The van der Waals surface area contributed by atoms with Crippen LogP contribution in [-0.2, 0) is 11.8 Å². The molecule has 0 fully saturated rings. The summed E-state index contributed by atoms with van der Waals surface area (Å²) in [5.41, 5.74) is 1.77. The first-order valence-electron chi connectivity index (χ1n) is 4.87. The number of hydrogen-bond donors (Lipinski definition) is 0. The maximum atomic E-state index is 2.36. The Morgan fingerprint density at radius 1 is 1.31 bits per heavy atom. The second-order valence-electron chi connectivity index (χ2n) is 4.68. The third-order valence-electron chi connectivity index (χ3n) is 2.42. The zero-order valence-corrected chi connectivity index (χ0v) is 9.37. The third-order valence-corrected chi connectivity index (χ3v) is 4.05. The topological polar surface area (TPSA) is 0 Å². The summed E-state index contributed by atoms with van der Waals surface area (Å²) in [6.07, 6.45) is 7.01. The maximum Gasteiger partial charge on any atom is 0.0124 e. The Morgan fingerprint density at radius 3 is 2.69 bits per heavy atom. The number of allylic oxidation sites excluding steroid dienone is 1. The first-order chi connectivity index (χ1) is 6.07. The number of thiophene rings is 1. The van der Waals surface area contributed by atoms with Crippen LogP contribution in [0.4, 0.5) is 0 Å². The summed E-state index contributed by atoms with van der Waals surface area (Å²) < 4.78 is 0. The molecular weight excluding hydrogens is 176 g/mol. The molecule has 0 unspecified atom stereocenters. The lowest BCUT2D eigenvalue weighted by Crippen LogP contribution is -2.07. The molecule has 0 bridgehead atoms. The molecule has 0 spiro atoms. The van der Waals surface area contributed by atoms with Crippen LogP contribution in [0, 0.1) is 0 Å². The molecule has 1 aromatic heterocycles. The minimum absolute atomic E-state index is 0.315. The van der Waals surface area contributed by atoms with E-state index in [0.717, 1.165) is 0 Å². The summed E-state index contributed by atoms with van der Waals surface area (Å²) in [5, 5.41) is 0. The molecule has 0 saturated carbocycles. The number of rotatable bonds is 0. The predicted molar refractivity (Wildman–Crippen MR) is 60.4 cm³/mol. The van der Waals surface area contributed by atoms with Crippen LogP contribution in [0.5, 0.6) is 0 Å². The quantitative estimate of drug-likeness (QED) is 0.582. The van der Waals surface area contributed by atoms with Gasteiger partial charge in [0.25, 0.3) is 0 Å². The van der Waals surface area contributed by atoms with E-state index in [2.05, 4.69) is 39.0 Å². The Morgan fingerprint density at radius 2 is 2.08 bits per heavy atom. The van der Waals surface area contributed by atoms with Crippen molar-refractivity contribution < 1.29 is 0 Å². The van der Waals surface area contributed by atoms with Gasteiger partial charge in [-0.15, -0.1) is 11.3 Å². The second kappa shape index (κ2) is 2.98. The van der Waals surface area contributed by atoms with Gasteiger partial charge in [-0.1, -0.05) is 32.9 Å². The van der Waals surface area contributed by atoms with Gasteiger partial charge in [0, 0.05) is 9.75 Å². The molecule has 0 N–H and O–H groups in total. The Labute approximate surface area is 84.3 Å². The average molecular weight is 192 g/mol. The van der Waals surface area contributed by atoms with Crippen molar-refractivity contribution in [2.24, 2.45) is 0 Å². The highest BCUT2D eigenvalue weighted by Gasteiger charge is 2.19. The lowest BCUT2D eigenvalue weighted by Gasteiger charge is -2.15. The van der Waals surface area contributed by atoms with Crippen molar-refractivity contribution in [3.8, 4) is 0 Å². The van der Waals surface area contributed by atoms with Crippen molar-refractivity contribution in [3.63, 3.8) is 0 Å². The fourth-order valence-electron chi connectivity index (χ4n) is 1.57. The first kappa shape index (κ1) is 9.01. The van der Waals surface area contributed by atoms with E-state index in [4.69, 9.17) is 0 Å². The molecule has 0 aliphatic heterocycles. The van der Waals surface area contributed by atoms with Gasteiger partial charge in [0.05, 0.1) is 0 Å². The summed E-state index contributed by atoms with van der Waals surface area (Å²) in [7, 11) is 0. The highest BCUT2D eigenvalue weighted by atomic mass is 32.1. The highest BCUT2D eigenvalue weighted by molar-refractivity contribution is 7.12. The minimum atomic E-state index is 0.315. The fraction of sp³-hybridized carbons (Fsp3) is 0.500. The molecule has 1 heteroatoms. The molecule has 1 aromatic rings. The molecule has 2 rings (SSSR count). The molecular formula is C12H16S. The maximum absolute atomic E-state index is 2.36. The van der Waals surface area contributed by atoms with Gasteiger partial charge in [0.1, 0.15) is 0 Å². The zero-order chi connectivity index (χ0) is 9.47. The SMILES string of the molecule is CC(C)(C)c1cc2c(s1)CCC=C2. The number of hydrogen-bond acceptors (Lipinski definition) is 1. The largest absolute Gasteiger partial charge is 0.144 e. The number of fused-ring (bicyclic) bond motifs is 1. The van der Waals surface area contributed by atoms with Crippen LogP contribution in [0.2, 0.25) is 0 Å². The van der Waals surface area contributed by atoms with Gasteiger partial charge in [-0.25, -0.2) is 0 Å². The van der Waals surface area contributed by atoms with Crippen LogP contribution in [0.15, 0.2) is 12.1 Å². The molecule has 1 aliphatic carbocycles. The van der Waals surface area contributed by atoms with Crippen LogP contribution in [0.1, 0.15) is 42.5 Å². The molecule has 0 atom stereocenters. The third kappa shape index (κ3) is 1.71. The van der Waals surface area contributed by atoms with Gasteiger partial charge >= 0.3 is 0 Å². The van der Waals surface area contributed by atoms with Crippen molar-refractivity contribution in [2.75, 3.05) is 0 Å². The van der Waals surface area contributed by atoms with E-state index < -0.39 is 0 Å². The van der Waals surface area contributed by atoms with Crippen LogP contribution < -0.4 is 0 Å². The van der Waals surface area contributed by atoms with E-state index in [-0.39, 0.29) is 0 Å². The minimum Gasteiger partial charge on any atom is -0.144 e. The Bertz CT molecular complexity index is 336. The van der Waals surface area contributed by atoms with Crippen molar-refractivity contribution in [1.82, 2.24) is 0 Å². The first-order valence-corrected chi connectivity index (χ1v) is 5.69. The summed E-state index contributed by atoms with van der Waals surface area (Å²) in [6, 6.07) is 2.36. The van der Waals surface area contributed by atoms with E-state index in [1.54, 1.807) is 4.88 Å². The number of aryl methyl sites for hydroxylation is 1. The van der Waals surface area contributed by atoms with E-state index in [9.17, 15) is 0 Å². The van der Waals surface area contributed by atoms with Gasteiger partial charge in [-0.05, 0) is 29.9 Å². The molecule has 0 amide bonds. The Balaban J connectivity index is 2.42. The molecule has 1 heterocycles. The lowest BCUT2D eigenvalue weighted by molar-refractivity contribution is 0.604. The normalized spacial score (nSPS) is 15.9. The van der Waals surface area contributed by atoms with Gasteiger partial charge in [-0.2, -0.15) is 0 Å². The Kier molecular flexibility index (Phi) is 2.07. The monoisotopic (exact) mass is 192 g/mol. The summed E-state index contributed by atoms with van der Waals surface area (Å²) >= 11 is 1.99. The smallest absolute Gasteiger partial charge is 0.0124 e. The zero-order valence-electron chi connectivity index (χ0n) is 8.55. The standard InChI is InChI=1S/C12H16S/c1-12(2,3)11-8-9-6-4-5-7-10(9)13-11/h4,6,8H,5,7H2,1-3H3. The van der Waals surface area contributed by atoms with E-state index in [1.807, 2.05) is 11.3 Å².